The molecule has 102 valence electrons. The summed E-state index contributed by atoms with van der Waals surface area (Å²) in [5, 5.41) is 3.50. The Morgan fingerprint density at radius 1 is 1.32 bits per heavy atom. The molecule has 0 heterocycles. The van der Waals surface area contributed by atoms with E-state index in [1.165, 1.54) is 12.8 Å². The highest BCUT2D eigenvalue weighted by atomic mass is 16.5. The molecule has 0 bridgehead atoms. The number of benzene rings is 1. The van der Waals surface area contributed by atoms with Crippen molar-refractivity contribution in [3.8, 4) is 23.3 Å². The summed E-state index contributed by atoms with van der Waals surface area (Å²) in [5.74, 6) is 7.38. The Labute approximate surface area is 115 Å². The Bertz CT molecular complexity index is 469. The normalized spacial score (nSPS) is 13.6. The summed E-state index contributed by atoms with van der Waals surface area (Å²) in [6.45, 7) is 5.64. The van der Waals surface area contributed by atoms with E-state index < -0.39 is 0 Å². The van der Waals surface area contributed by atoms with Crippen molar-refractivity contribution in [3.05, 3.63) is 23.8 Å². The zero-order valence-corrected chi connectivity index (χ0v) is 11.7. The molecule has 1 aliphatic rings. The number of nitrogens with one attached hydrogen (secondary N) is 1. The van der Waals surface area contributed by atoms with Crippen LogP contribution >= 0.6 is 0 Å². The van der Waals surface area contributed by atoms with E-state index in [2.05, 4.69) is 23.2 Å². The fourth-order valence-corrected chi connectivity index (χ4v) is 1.86. The maximum atomic E-state index is 5.78. The van der Waals surface area contributed by atoms with Gasteiger partial charge in [-0.05, 0) is 32.8 Å². The highest BCUT2D eigenvalue weighted by molar-refractivity contribution is 5.47. The molecule has 1 aromatic carbocycles. The zero-order chi connectivity index (χ0) is 13.5. The minimum absolute atomic E-state index is 0.400. The van der Waals surface area contributed by atoms with E-state index in [1.807, 2.05) is 26.0 Å². The van der Waals surface area contributed by atoms with E-state index in [1.54, 1.807) is 0 Å². The number of hydrogen-bond donors (Lipinski definition) is 1. The first-order valence-electron chi connectivity index (χ1n) is 6.85. The molecule has 19 heavy (non-hydrogen) atoms. The van der Waals surface area contributed by atoms with Crippen LogP contribution in [0.1, 0.15) is 32.3 Å². The molecule has 0 atom stereocenters. The van der Waals surface area contributed by atoms with Gasteiger partial charge in [0.15, 0.2) is 11.5 Å². The maximum Gasteiger partial charge on any atom is 0.167 e. The van der Waals surface area contributed by atoms with Crippen LogP contribution in [0.5, 0.6) is 11.5 Å². The fourth-order valence-electron chi connectivity index (χ4n) is 1.86. The SMILES string of the molecule is CC#CCOc1c(CNC2CC2)cccc1OCC. The molecule has 1 saturated carbocycles. The first-order chi connectivity index (χ1) is 9.35. The molecule has 1 aromatic rings. The summed E-state index contributed by atoms with van der Waals surface area (Å²) in [4.78, 5) is 0. The summed E-state index contributed by atoms with van der Waals surface area (Å²) in [7, 11) is 0. The van der Waals surface area contributed by atoms with E-state index in [9.17, 15) is 0 Å². The van der Waals surface area contributed by atoms with Crippen molar-refractivity contribution in [1.82, 2.24) is 5.32 Å². The highest BCUT2D eigenvalue weighted by Gasteiger charge is 2.21. The molecule has 1 N–H and O–H groups in total. The van der Waals surface area contributed by atoms with Gasteiger partial charge in [-0.2, -0.15) is 0 Å². The van der Waals surface area contributed by atoms with Gasteiger partial charge in [0.2, 0.25) is 0 Å². The predicted molar refractivity (Wildman–Crippen MR) is 76.4 cm³/mol. The van der Waals surface area contributed by atoms with Crippen LogP contribution < -0.4 is 14.8 Å². The van der Waals surface area contributed by atoms with Gasteiger partial charge in [0, 0.05) is 18.2 Å². The Balaban J connectivity index is 2.11. The van der Waals surface area contributed by atoms with Gasteiger partial charge in [0.05, 0.1) is 6.61 Å². The van der Waals surface area contributed by atoms with Crippen molar-refractivity contribution in [2.24, 2.45) is 0 Å². The van der Waals surface area contributed by atoms with Gasteiger partial charge in [0.25, 0.3) is 0 Å². The summed E-state index contributed by atoms with van der Waals surface area (Å²) >= 11 is 0. The second-order valence-electron chi connectivity index (χ2n) is 4.55. The molecule has 0 aromatic heterocycles. The zero-order valence-electron chi connectivity index (χ0n) is 11.7. The number of para-hydroxylation sites is 1. The van der Waals surface area contributed by atoms with Crippen molar-refractivity contribution in [2.75, 3.05) is 13.2 Å². The second-order valence-corrected chi connectivity index (χ2v) is 4.55. The molecule has 0 radical (unpaired) electrons. The van der Waals surface area contributed by atoms with Gasteiger partial charge in [-0.1, -0.05) is 18.1 Å². The molecular formula is C16H21NO2. The lowest BCUT2D eigenvalue weighted by molar-refractivity contribution is 0.296. The van der Waals surface area contributed by atoms with E-state index in [0.29, 0.717) is 19.3 Å². The molecule has 3 heteroatoms. The van der Waals surface area contributed by atoms with Crippen LogP contribution in [0.15, 0.2) is 18.2 Å². The fraction of sp³-hybridized carbons (Fsp3) is 0.500. The van der Waals surface area contributed by atoms with Crippen molar-refractivity contribution in [3.63, 3.8) is 0 Å². The summed E-state index contributed by atoms with van der Waals surface area (Å²) in [6.07, 6.45) is 2.56. The Morgan fingerprint density at radius 3 is 2.84 bits per heavy atom. The number of hydrogen-bond acceptors (Lipinski definition) is 3. The van der Waals surface area contributed by atoms with Crippen LogP contribution in [0, 0.1) is 11.8 Å². The molecule has 0 unspecified atom stereocenters. The summed E-state index contributed by atoms with van der Waals surface area (Å²) in [5.41, 5.74) is 1.13. The first kappa shape index (κ1) is 13.8. The van der Waals surface area contributed by atoms with Crippen LogP contribution in [-0.4, -0.2) is 19.3 Å². The minimum atomic E-state index is 0.400. The van der Waals surface area contributed by atoms with E-state index in [-0.39, 0.29) is 0 Å². The maximum absolute atomic E-state index is 5.78. The van der Waals surface area contributed by atoms with Crippen molar-refractivity contribution < 1.29 is 9.47 Å². The lowest BCUT2D eigenvalue weighted by atomic mass is 10.2. The minimum Gasteiger partial charge on any atom is -0.490 e. The van der Waals surface area contributed by atoms with Gasteiger partial charge in [0.1, 0.15) is 6.61 Å². The smallest absolute Gasteiger partial charge is 0.167 e. The Kier molecular flexibility index (Phi) is 5.11. The molecule has 0 saturated heterocycles. The van der Waals surface area contributed by atoms with E-state index >= 15 is 0 Å². The average Bonchev–Trinajstić information content (AvgIpc) is 3.23. The second kappa shape index (κ2) is 7.06. The summed E-state index contributed by atoms with van der Waals surface area (Å²) < 4.78 is 11.4. The van der Waals surface area contributed by atoms with Gasteiger partial charge in [-0.15, -0.1) is 5.92 Å². The van der Waals surface area contributed by atoms with Crippen LogP contribution in [0.2, 0.25) is 0 Å². The third-order valence-electron chi connectivity index (χ3n) is 2.98. The van der Waals surface area contributed by atoms with Gasteiger partial charge in [-0.25, -0.2) is 0 Å². The largest absolute Gasteiger partial charge is 0.490 e. The standard InChI is InChI=1S/C16H21NO2/c1-3-5-11-19-16-13(12-17-14-9-10-14)7-6-8-15(16)18-4-2/h6-8,14,17H,4,9-12H2,1-2H3. The molecule has 1 fully saturated rings. The van der Waals surface area contributed by atoms with Crippen molar-refractivity contribution in [2.45, 2.75) is 39.3 Å². The highest BCUT2D eigenvalue weighted by Crippen LogP contribution is 2.32. The van der Waals surface area contributed by atoms with Crippen LogP contribution in [-0.2, 0) is 6.54 Å². The molecule has 2 rings (SSSR count). The van der Waals surface area contributed by atoms with E-state index in [4.69, 9.17) is 9.47 Å². The first-order valence-corrected chi connectivity index (χ1v) is 6.85. The number of rotatable bonds is 7. The third kappa shape index (κ3) is 4.18. The van der Waals surface area contributed by atoms with Crippen molar-refractivity contribution in [1.29, 1.82) is 0 Å². The van der Waals surface area contributed by atoms with Crippen LogP contribution in [0.4, 0.5) is 0 Å². The Hall–Kier alpha value is -1.66. The van der Waals surface area contributed by atoms with Crippen molar-refractivity contribution >= 4 is 0 Å². The molecular weight excluding hydrogens is 238 g/mol. The average molecular weight is 259 g/mol. The lowest BCUT2D eigenvalue weighted by Gasteiger charge is -2.15. The molecule has 1 aliphatic carbocycles. The van der Waals surface area contributed by atoms with Gasteiger partial charge < -0.3 is 14.8 Å². The van der Waals surface area contributed by atoms with Crippen LogP contribution in [0.3, 0.4) is 0 Å². The Morgan fingerprint density at radius 2 is 2.16 bits per heavy atom. The van der Waals surface area contributed by atoms with E-state index in [0.717, 1.165) is 23.6 Å². The third-order valence-corrected chi connectivity index (χ3v) is 2.98. The summed E-state index contributed by atoms with van der Waals surface area (Å²) in [6, 6.07) is 6.71. The van der Waals surface area contributed by atoms with Crippen LogP contribution in [0.25, 0.3) is 0 Å². The quantitative estimate of drug-likeness (QED) is 0.764. The van der Waals surface area contributed by atoms with Gasteiger partial charge in [-0.3, -0.25) is 0 Å². The predicted octanol–water partition coefficient (Wildman–Crippen LogP) is 2.74. The lowest BCUT2D eigenvalue weighted by Crippen LogP contribution is -2.16. The molecule has 0 spiro atoms. The monoisotopic (exact) mass is 259 g/mol. The van der Waals surface area contributed by atoms with Gasteiger partial charge >= 0.3 is 0 Å². The topological polar surface area (TPSA) is 30.5 Å². The molecule has 0 aliphatic heterocycles. The molecule has 0 amide bonds. The molecule has 3 nitrogen and oxygen atoms in total. The number of ether oxygens (including phenoxy) is 2.